The number of carboxylic acid groups (broad SMARTS) is 1. The maximum absolute atomic E-state index is 11.8. The molecule has 0 spiro atoms. The Balaban J connectivity index is 2.78. The largest absolute Gasteiger partial charge is 0.481 e. The zero-order valence-corrected chi connectivity index (χ0v) is 13.5. The number of rotatable bonds is 8. The van der Waals surface area contributed by atoms with Crippen LogP contribution in [0.3, 0.4) is 0 Å². The van der Waals surface area contributed by atoms with Crippen molar-refractivity contribution in [2.24, 2.45) is 0 Å². The van der Waals surface area contributed by atoms with Gasteiger partial charge in [-0.15, -0.1) is 11.3 Å². The van der Waals surface area contributed by atoms with Gasteiger partial charge in [0.2, 0.25) is 0 Å². The van der Waals surface area contributed by atoms with Crippen molar-refractivity contribution in [1.82, 2.24) is 4.98 Å². The molecule has 0 saturated heterocycles. The summed E-state index contributed by atoms with van der Waals surface area (Å²) < 4.78 is 5.78. The monoisotopic (exact) mass is 317 g/mol. The second kappa shape index (κ2) is 8.26. The molecule has 0 aromatic carbocycles. The molecule has 112 valence electrons. The molecule has 0 aliphatic carbocycles. The SMILES string of the molecule is CCCC(Sc1nc(C)c(CC(=O)O)s1)C(=O)OCC. The van der Waals surface area contributed by atoms with Gasteiger partial charge in [0, 0.05) is 4.88 Å². The van der Waals surface area contributed by atoms with E-state index in [4.69, 9.17) is 9.84 Å². The van der Waals surface area contributed by atoms with E-state index in [1.807, 2.05) is 6.92 Å². The number of thiazole rings is 1. The van der Waals surface area contributed by atoms with E-state index in [1.165, 1.54) is 23.1 Å². The maximum Gasteiger partial charge on any atom is 0.319 e. The average molecular weight is 317 g/mol. The lowest BCUT2D eigenvalue weighted by Crippen LogP contribution is -2.20. The van der Waals surface area contributed by atoms with E-state index in [2.05, 4.69) is 4.98 Å². The number of hydrogen-bond acceptors (Lipinski definition) is 6. The van der Waals surface area contributed by atoms with Gasteiger partial charge in [0.15, 0.2) is 4.34 Å². The van der Waals surface area contributed by atoms with Crippen molar-refractivity contribution in [2.75, 3.05) is 6.61 Å². The Morgan fingerprint density at radius 2 is 2.15 bits per heavy atom. The molecule has 0 saturated carbocycles. The standard InChI is InChI=1S/C13H19NO4S2/c1-4-6-9(12(17)18-5-2)19-13-14-8(3)10(20-13)7-11(15)16/h9H,4-7H2,1-3H3,(H,15,16). The molecule has 1 N–H and O–H groups in total. The molecule has 1 heterocycles. The molecule has 0 amide bonds. The first-order chi connectivity index (χ1) is 9.47. The van der Waals surface area contributed by atoms with Crippen molar-refractivity contribution in [2.45, 2.75) is 49.6 Å². The van der Waals surface area contributed by atoms with Gasteiger partial charge in [0.05, 0.1) is 18.7 Å². The van der Waals surface area contributed by atoms with Crippen molar-refractivity contribution >= 4 is 35.0 Å². The summed E-state index contributed by atoms with van der Waals surface area (Å²) >= 11 is 2.70. The van der Waals surface area contributed by atoms with Gasteiger partial charge in [-0.1, -0.05) is 25.1 Å². The fraction of sp³-hybridized carbons (Fsp3) is 0.615. The minimum atomic E-state index is -0.871. The van der Waals surface area contributed by atoms with E-state index in [0.29, 0.717) is 6.61 Å². The van der Waals surface area contributed by atoms with Gasteiger partial charge in [0.1, 0.15) is 5.25 Å². The number of ether oxygens (including phenoxy) is 1. The summed E-state index contributed by atoms with van der Waals surface area (Å²) in [7, 11) is 0. The van der Waals surface area contributed by atoms with Crippen molar-refractivity contribution in [3.8, 4) is 0 Å². The number of carbonyl (C=O) groups is 2. The molecule has 1 atom stereocenters. The first-order valence-electron chi connectivity index (χ1n) is 6.49. The van der Waals surface area contributed by atoms with Gasteiger partial charge in [-0.3, -0.25) is 9.59 Å². The van der Waals surface area contributed by atoms with Crippen LogP contribution in [0.25, 0.3) is 0 Å². The highest BCUT2D eigenvalue weighted by Crippen LogP contribution is 2.32. The lowest BCUT2D eigenvalue weighted by atomic mass is 10.2. The quantitative estimate of drug-likeness (QED) is 0.587. The Morgan fingerprint density at radius 1 is 1.45 bits per heavy atom. The van der Waals surface area contributed by atoms with Crippen LogP contribution in [-0.2, 0) is 20.7 Å². The number of aliphatic carboxylic acids is 1. The van der Waals surface area contributed by atoms with Crippen LogP contribution in [0.5, 0.6) is 0 Å². The lowest BCUT2D eigenvalue weighted by Gasteiger charge is -2.12. The van der Waals surface area contributed by atoms with Gasteiger partial charge < -0.3 is 9.84 Å². The highest BCUT2D eigenvalue weighted by Gasteiger charge is 2.22. The molecule has 0 aliphatic rings. The Kier molecular flexibility index (Phi) is 7.01. The molecule has 1 rings (SSSR count). The molecular weight excluding hydrogens is 298 g/mol. The molecule has 0 aliphatic heterocycles. The Morgan fingerprint density at radius 3 is 2.70 bits per heavy atom. The third-order valence-electron chi connectivity index (χ3n) is 2.53. The number of nitrogens with zero attached hydrogens (tertiary/aromatic N) is 1. The molecular formula is C13H19NO4S2. The number of thioether (sulfide) groups is 1. The number of hydrogen-bond donors (Lipinski definition) is 1. The second-order valence-electron chi connectivity index (χ2n) is 4.21. The molecule has 20 heavy (non-hydrogen) atoms. The smallest absolute Gasteiger partial charge is 0.319 e. The molecule has 1 aromatic rings. The molecule has 5 nitrogen and oxygen atoms in total. The first kappa shape index (κ1) is 17.0. The summed E-state index contributed by atoms with van der Waals surface area (Å²) in [6.07, 6.45) is 1.57. The van der Waals surface area contributed by atoms with Crippen LogP contribution in [0.2, 0.25) is 0 Å². The minimum Gasteiger partial charge on any atom is -0.481 e. The number of carbonyl (C=O) groups excluding carboxylic acids is 1. The average Bonchev–Trinajstić information content (AvgIpc) is 2.68. The maximum atomic E-state index is 11.8. The molecule has 7 heteroatoms. The number of aromatic nitrogens is 1. The molecule has 0 fully saturated rings. The van der Waals surface area contributed by atoms with E-state index in [1.54, 1.807) is 13.8 Å². The molecule has 0 radical (unpaired) electrons. The third-order valence-corrected chi connectivity index (χ3v) is 5.02. The lowest BCUT2D eigenvalue weighted by molar-refractivity contribution is -0.142. The van der Waals surface area contributed by atoms with E-state index >= 15 is 0 Å². The predicted octanol–water partition coefficient (Wildman–Crippen LogP) is 2.90. The van der Waals surface area contributed by atoms with Crippen LogP contribution in [0.1, 0.15) is 37.3 Å². The van der Waals surface area contributed by atoms with Crippen molar-refractivity contribution in [1.29, 1.82) is 0 Å². The summed E-state index contributed by atoms with van der Waals surface area (Å²) in [6, 6.07) is 0. The molecule has 1 aromatic heterocycles. The summed E-state index contributed by atoms with van der Waals surface area (Å²) in [5, 5.41) is 8.55. The summed E-state index contributed by atoms with van der Waals surface area (Å²) in [6.45, 7) is 5.94. The third kappa shape index (κ3) is 5.13. The van der Waals surface area contributed by atoms with Gasteiger partial charge >= 0.3 is 11.9 Å². The van der Waals surface area contributed by atoms with E-state index in [-0.39, 0.29) is 17.6 Å². The van der Waals surface area contributed by atoms with Crippen LogP contribution in [-0.4, -0.2) is 33.9 Å². The zero-order chi connectivity index (χ0) is 15.1. The second-order valence-corrected chi connectivity index (χ2v) is 6.74. The topological polar surface area (TPSA) is 76.5 Å². The van der Waals surface area contributed by atoms with Crippen LogP contribution in [0.15, 0.2) is 4.34 Å². The summed E-state index contributed by atoms with van der Waals surface area (Å²) in [4.78, 5) is 27.7. The molecule has 0 bridgehead atoms. The van der Waals surface area contributed by atoms with Gasteiger partial charge in [-0.05, 0) is 20.3 Å². The number of esters is 1. The Bertz CT molecular complexity index is 473. The number of carboxylic acids is 1. The van der Waals surface area contributed by atoms with Crippen molar-refractivity contribution in [3.05, 3.63) is 10.6 Å². The fourth-order valence-electron chi connectivity index (χ4n) is 1.60. The normalized spacial score (nSPS) is 12.2. The van der Waals surface area contributed by atoms with Crippen molar-refractivity contribution in [3.63, 3.8) is 0 Å². The highest BCUT2D eigenvalue weighted by molar-refractivity contribution is 8.02. The summed E-state index contributed by atoms with van der Waals surface area (Å²) in [5.41, 5.74) is 0.721. The Labute approximate surface area is 126 Å². The van der Waals surface area contributed by atoms with Gasteiger partial charge in [-0.2, -0.15) is 0 Å². The first-order valence-corrected chi connectivity index (χ1v) is 8.18. The number of aryl methyl sites for hydroxylation is 1. The van der Waals surface area contributed by atoms with Crippen LogP contribution < -0.4 is 0 Å². The minimum absolute atomic E-state index is 0.0259. The fourth-order valence-corrected chi connectivity index (χ4v) is 4.17. The van der Waals surface area contributed by atoms with E-state index in [0.717, 1.165) is 27.8 Å². The van der Waals surface area contributed by atoms with Gasteiger partial charge in [-0.25, -0.2) is 4.98 Å². The van der Waals surface area contributed by atoms with Crippen molar-refractivity contribution < 1.29 is 19.4 Å². The van der Waals surface area contributed by atoms with Crippen LogP contribution in [0.4, 0.5) is 0 Å². The van der Waals surface area contributed by atoms with Crippen LogP contribution >= 0.6 is 23.1 Å². The molecule has 1 unspecified atom stereocenters. The zero-order valence-electron chi connectivity index (χ0n) is 11.8. The highest BCUT2D eigenvalue weighted by atomic mass is 32.2. The summed E-state index contributed by atoms with van der Waals surface area (Å²) in [5.74, 6) is -1.10. The van der Waals surface area contributed by atoms with Crippen LogP contribution in [0, 0.1) is 6.92 Å². The predicted molar refractivity (Wildman–Crippen MR) is 79.4 cm³/mol. The van der Waals surface area contributed by atoms with E-state index in [9.17, 15) is 9.59 Å². The van der Waals surface area contributed by atoms with Gasteiger partial charge in [0.25, 0.3) is 0 Å². The Hall–Kier alpha value is -1.08. The van der Waals surface area contributed by atoms with E-state index < -0.39 is 5.97 Å².